The fraction of sp³-hybridized carbons (Fsp3) is 0.120. The second kappa shape index (κ2) is 9.04. The van der Waals surface area contributed by atoms with E-state index in [4.69, 9.17) is 0 Å². The molecule has 0 bridgehead atoms. The third kappa shape index (κ3) is 4.36. The first-order valence-electron chi connectivity index (χ1n) is 10.6. The third-order valence-electron chi connectivity index (χ3n) is 5.50. The van der Waals surface area contributed by atoms with Gasteiger partial charge in [-0.1, -0.05) is 77.9 Å². The lowest BCUT2D eigenvalue weighted by molar-refractivity contribution is -0.119. The Hall–Kier alpha value is -4.33. The van der Waals surface area contributed by atoms with Gasteiger partial charge in [-0.25, -0.2) is 4.39 Å². The summed E-state index contributed by atoms with van der Waals surface area (Å²) in [5, 5.41) is 15.2. The largest absolute Gasteiger partial charge is 0.350 e. The molecule has 7 nitrogen and oxygen atoms in total. The summed E-state index contributed by atoms with van der Waals surface area (Å²) in [5.41, 5.74) is 3.67. The molecule has 3 aromatic carbocycles. The van der Waals surface area contributed by atoms with E-state index in [1.807, 2.05) is 65.6 Å². The van der Waals surface area contributed by atoms with Crippen LogP contribution in [0.5, 0.6) is 0 Å². The monoisotopic (exact) mass is 440 g/mol. The van der Waals surface area contributed by atoms with Crippen LogP contribution in [0, 0.1) is 5.82 Å². The molecule has 1 aliphatic heterocycles. The number of fused-ring (bicyclic) bond motifs is 1. The van der Waals surface area contributed by atoms with Crippen molar-refractivity contribution in [3.05, 3.63) is 114 Å². The number of nitrogens with one attached hydrogen (secondary N) is 1. The molecule has 164 valence electrons. The number of anilines is 1. The number of hydrogen-bond donors (Lipinski definition) is 1. The van der Waals surface area contributed by atoms with Gasteiger partial charge in [0.1, 0.15) is 18.4 Å². The van der Waals surface area contributed by atoms with Crippen molar-refractivity contribution in [2.75, 3.05) is 11.4 Å². The molecule has 5 rings (SSSR count). The maximum atomic E-state index is 13.1. The van der Waals surface area contributed by atoms with Crippen LogP contribution in [0.25, 0.3) is 5.70 Å². The molecule has 0 aliphatic carbocycles. The first-order chi connectivity index (χ1) is 16.2. The number of allylic oxidation sites excluding steroid dienone is 1. The van der Waals surface area contributed by atoms with Crippen molar-refractivity contribution in [1.29, 1.82) is 0 Å². The number of hydrogen-bond acceptors (Lipinski definition) is 5. The van der Waals surface area contributed by atoms with Crippen molar-refractivity contribution in [2.45, 2.75) is 12.6 Å². The lowest BCUT2D eigenvalue weighted by Crippen LogP contribution is -2.39. The van der Waals surface area contributed by atoms with Gasteiger partial charge in [-0.15, -0.1) is 0 Å². The van der Waals surface area contributed by atoms with Gasteiger partial charge in [0.25, 0.3) is 5.95 Å². The fourth-order valence-corrected chi connectivity index (χ4v) is 3.87. The van der Waals surface area contributed by atoms with E-state index in [1.165, 1.54) is 12.1 Å². The van der Waals surface area contributed by atoms with Crippen molar-refractivity contribution >= 4 is 17.6 Å². The van der Waals surface area contributed by atoms with Crippen molar-refractivity contribution in [3.8, 4) is 0 Å². The molecule has 33 heavy (non-hydrogen) atoms. The average molecular weight is 440 g/mol. The van der Waals surface area contributed by atoms with Crippen molar-refractivity contribution in [1.82, 2.24) is 25.5 Å². The summed E-state index contributed by atoms with van der Waals surface area (Å²) >= 11 is 0. The number of aromatic nitrogens is 4. The summed E-state index contributed by atoms with van der Waals surface area (Å²) in [7, 11) is 0. The summed E-state index contributed by atoms with van der Waals surface area (Å²) in [4.78, 5) is 14.7. The number of carbonyl (C=O) groups excluding carboxylic acids is 1. The molecule has 1 aromatic heterocycles. The van der Waals surface area contributed by atoms with Crippen LogP contribution < -0.4 is 10.2 Å². The zero-order chi connectivity index (χ0) is 22.6. The third-order valence-corrected chi connectivity index (χ3v) is 5.50. The highest BCUT2D eigenvalue weighted by Crippen LogP contribution is 2.35. The molecule has 1 atom stereocenters. The van der Waals surface area contributed by atoms with Gasteiger partial charge in [-0.05, 0) is 45.3 Å². The highest BCUT2D eigenvalue weighted by atomic mass is 19.1. The van der Waals surface area contributed by atoms with E-state index in [2.05, 4.69) is 26.9 Å². The minimum Gasteiger partial charge on any atom is -0.350 e. The maximum absolute atomic E-state index is 13.1. The summed E-state index contributed by atoms with van der Waals surface area (Å²) in [6.07, 6.45) is 2.07. The molecule has 0 unspecified atom stereocenters. The van der Waals surface area contributed by atoms with Crippen molar-refractivity contribution < 1.29 is 9.18 Å². The molecule has 4 aromatic rings. The Morgan fingerprint density at radius 2 is 1.64 bits per heavy atom. The van der Waals surface area contributed by atoms with E-state index in [-0.39, 0.29) is 24.3 Å². The number of halogens is 1. The topological polar surface area (TPSA) is 75.9 Å². The first kappa shape index (κ1) is 20.6. The number of carbonyl (C=O) groups is 1. The van der Waals surface area contributed by atoms with E-state index >= 15 is 0 Å². The molecule has 1 N–H and O–H groups in total. The van der Waals surface area contributed by atoms with Crippen molar-refractivity contribution in [2.24, 2.45) is 0 Å². The van der Waals surface area contributed by atoms with Gasteiger partial charge in [-0.2, -0.15) is 4.68 Å². The van der Waals surface area contributed by atoms with Crippen LogP contribution >= 0.6 is 0 Å². The Bertz CT molecular complexity index is 1270. The lowest BCUT2D eigenvalue weighted by Gasteiger charge is -2.32. The van der Waals surface area contributed by atoms with Gasteiger partial charge in [0.05, 0.1) is 5.70 Å². The molecule has 0 saturated carbocycles. The van der Waals surface area contributed by atoms with Gasteiger partial charge < -0.3 is 5.32 Å². The van der Waals surface area contributed by atoms with Crippen molar-refractivity contribution in [3.63, 3.8) is 0 Å². The second-order valence-electron chi connectivity index (χ2n) is 7.69. The van der Waals surface area contributed by atoms with E-state index in [1.54, 1.807) is 16.8 Å². The quantitative estimate of drug-likeness (QED) is 0.496. The van der Waals surface area contributed by atoms with Crippen LogP contribution in [0.2, 0.25) is 0 Å². The van der Waals surface area contributed by atoms with Gasteiger partial charge in [0.15, 0.2) is 0 Å². The average Bonchev–Trinajstić information content (AvgIpc) is 3.35. The Kier molecular flexibility index (Phi) is 5.63. The molecular weight excluding hydrogens is 419 g/mol. The maximum Gasteiger partial charge on any atom is 0.251 e. The highest BCUT2D eigenvalue weighted by molar-refractivity contribution is 5.89. The van der Waals surface area contributed by atoms with Crippen LogP contribution in [-0.4, -0.2) is 32.7 Å². The highest BCUT2D eigenvalue weighted by Gasteiger charge is 2.31. The van der Waals surface area contributed by atoms with Crippen LogP contribution in [-0.2, 0) is 11.3 Å². The summed E-state index contributed by atoms with van der Waals surface area (Å²) in [6, 6.07) is 25.7. The van der Waals surface area contributed by atoms with E-state index < -0.39 is 0 Å². The summed E-state index contributed by atoms with van der Waals surface area (Å²) < 4.78 is 14.9. The molecule has 2 heterocycles. The van der Waals surface area contributed by atoms with Crippen LogP contribution in [0.4, 0.5) is 10.3 Å². The van der Waals surface area contributed by atoms with E-state index in [9.17, 15) is 9.18 Å². The molecule has 0 fully saturated rings. The Morgan fingerprint density at radius 3 is 2.36 bits per heavy atom. The molecular formula is C25H21FN6O. The normalized spacial score (nSPS) is 15.0. The van der Waals surface area contributed by atoms with Crippen LogP contribution in [0.3, 0.4) is 0 Å². The predicted molar refractivity (Wildman–Crippen MR) is 122 cm³/mol. The Labute approximate surface area is 190 Å². The molecule has 0 spiro atoms. The van der Waals surface area contributed by atoms with E-state index in [0.29, 0.717) is 12.5 Å². The van der Waals surface area contributed by atoms with Gasteiger partial charge >= 0.3 is 0 Å². The smallest absolute Gasteiger partial charge is 0.251 e. The Balaban J connectivity index is 1.45. The SMILES string of the molecule is O=C(CN1C(c2ccccc2)=C[C@@H](c2ccccc2)n2nnnc21)NCc1ccc(F)cc1. The van der Waals surface area contributed by atoms with Gasteiger partial charge in [0.2, 0.25) is 5.91 Å². The van der Waals surface area contributed by atoms with Gasteiger partial charge in [0, 0.05) is 6.54 Å². The number of tetrazole rings is 1. The standard InChI is InChI=1S/C25H21FN6O/c26-21-13-11-18(12-14-21)16-27-24(33)17-31-22(19-7-3-1-4-8-19)15-23(20-9-5-2-6-10-20)32-25(31)28-29-30-32/h1-15,23H,16-17H2,(H,27,33)/t23-/m0/s1. The van der Waals surface area contributed by atoms with Crippen LogP contribution in [0.1, 0.15) is 22.7 Å². The lowest BCUT2D eigenvalue weighted by atomic mass is 10.0. The van der Waals surface area contributed by atoms with Gasteiger partial charge in [-0.3, -0.25) is 9.69 Å². The minimum absolute atomic E-state index is 0.0316. The zero-order valence-electron chi connectivity index (χ0n) is 17.7. The molecule has 0 radical (unpaired) electrons. The summed E-state index contributed by atoms with van der Waals surface area (Å²) in [6.45, 7) is 0.332. The van der Waals surface area contributed by atoms with E-state index in [0.717, 1.165) is 22.4 Å². The number of amides is 1. The Morgan fingerprint density at radius 1 is 0.939 bits per heavy atom. The molecule has 1 aliphatic rings. The number of benzene rings is 3. The summed E-state index contributed by atoms with van der Waals surface area (Å²) in [5.74, 6) is -0.0214. The molecule has 0 saturated heterocycles. The second-order valence-corrected chi connectivity index (χ2v) is 7.69. The zero-order valence-corrected chi connectivity index (χ0v) is 17.7. The van der Waals surface area contributed by atoms with Crippen LogP contribution in [0.15, 0.2) is 91.0 Å². The minimum atomic E-state index is -0.309. The number of rotatable bonds is 6. The predicted octanol–water partition coefficient (Wildman–Crippen LogP) is 3.58. The number of nitrogens with zero attached hydrogens (tertiary/aromatic N) is 5. The molecule has 8 heteroatoms. The first-order valence-corrected chi connectivity index (χ1v) is 10.6. The molecule has 1 amide bonds. The fourth-order valence-electron chi connectivity index (χ4n) is 3.87.